The lowest BCUT2D eigenvalue weighted by Crippen LogP contribution is -2.38. The first-order valence-electron chi connectivity index (χ1n) is 8.91. The summed E-state index contributed by atoms with van der Waals surface area (Å²) in [7, 11) is -3.70. The number of rotatable bonds is 4. The molecule has 3 rings (SSSR count). The largest absolute Gasteiger partial charge is 0.361 e. The zero-order valence-corrected chi connectivity index (χ0v) is 15.3. The van der Waals surface area contributed by atoms with E-state index in [1.54, 1.807) is 18.7 Å². The van der Waals surface area contributed by atoms with Crippen LogP contribution in [0.5, 0.6) is 0 Å². The van der Waals surface area contributed by atoms with Crippen LogP contribution in [0.1, 0.15) is 66.7 Å². The maximum absolute atomic E-state index is 13.0. The van der Waals surface area contributed by atoms with Crippen LogP contribution >= 0.6 is 0 Å². The lowest BCUT2D eigenvalue weighted by molar-refractivity contribution is 0.0720. The van der Waals surface area contributed by atoms with E-state index in [1.165, 1.54) is 0 Å². The van der Waals surface area contributed by atoms with Crippen LogP contribution in [-0.4, -0.2) is 43.3 Å². The van der Waals surface area contributed by atoms with Crippen molar-refractivity contribution < 1.29 is 13.2 Å². The number of H-pyrrole nitrogens is 1. The van der Waals surface area contributed by atoms with E-state index < -0.39 is 10.0 Å². The highest BCUT2D eigenvalue weighted by Gasteiger charge is 2.33. The third-order valence-corrected chi connectivity index (χ3v) is 6.81. The first-order chi connectivity index (χ1) is 11.4. The Kier molecular flexibility index (Phi) is 5.01. The average molecular weight is 353 g/mol. The summed E-state index contributed by atoms with van der Waals surface area (Å²) in [5.41, 5.74) is 1.49. The number of carbonyl (C=O) groups is 1. The zero-order chi connectivity index (χ0) is 17.3. The SMILES string of the molecule is Cc1[nH]c(C)c(S(=O)(=O)NC2CCCC2)c1C(=O)N1CCCCC1. The van der Waals surface area contributed by atoms with E-state index in [0.29, 0.717) is 30.0 Å². The molecule has 0 aromatic carbocycles. The Bertz CT molecular complexity index is 712. The van der Waals surface area contributed by atoms with Crippen LogP contribution in [0, 0.1) is 13.8 Å². The Hall–Kier alpha value is -1.34. The number of nitrogens with one attached hydrogen (secondary N) is 2. The minimum Gasteiger partial charge on any atom is -0.361 e. The first-order valence-corrected chi connectivity index (χ1v) is 10.4. The molecule has 2 N–H and O–H groups in total. The van der Waals surface area contributed by atoms with E-state index in [4.69, 9.17) is 0 Å². The topological polar surface area (TPSA) is 82.3 Å². The molecule has 0 bridgehead atoms. The summed E-state index contributed by atoms with van der Waals surface area (Å²) in [6, 6.07) is -0.0115. The summed E-state index contributed by atoms with van der Waals surface area (Å²) in [5.74, 6) is -0.164. The molecule has 1 aromatic rings. The number of aromatic amines is 1. The summed E-state index contributed by atoms with van der Waals surface area (Å²) in [4.78, 5) is 17.9. The number of piperidine rings is 1. The van der Waals surface area contributed by atoms with E-state index in [1.807, 2.05) is 0 Å². The molecule has 1 aromatic heterocycles. The van der Waals surface area contributed by atoms with Crippen molar-refractivity contribution in [1.82, 2.24) is 14.6 Å². The van der Waals surface area contributed by atoms with Crippen molar-refractivity contribution in [2.45, 2.75) is 69.7 Å². The van der Waals surface area contributed by atoms with Gasteiger partial charge in [0.15, 0.2) is 0 Å². The Morgan fingerprint density at radius 3 is 2.29 bits per heavy atom. The van der Waals surface area contributed by atoms with E-state index in [2.05, 4.69) is 9.71 Å². The molecule has 1 aliphatic heterocycles. The lowest BCUT2D eigenvalue weighted by Gasteiger charge is -2.27. The third-order valence-electron chi connectivity index (χ3n) is 5.12. The van der Waals surface area contributed by atoms with Crippen molar-refractivity contribution in [3.63, 3.8) is 0 Å². The van der Waals surface area contributed by atoms with Gasteiger partial charge >= 0.3 is 0 Å². The maximum Gasteiger partial charge on any atom is 0.257 e. The highest BCUT2D eigenvalue weighted by atomic mass is 32.2. The fourth-order valence-corrected chi connectivity index (χ4v) is 5.68. The molecule has 1 saturated carbocycles. The summed E-state index contributed by atoms with van der Waals surface area (Å²) in [6.45, 7) is 4.91. The molecule has 2 aliphatic rings. The van der Waals surface area contributed by atoms with E-state index >= 15 is 0 Å². The van der Waals surface area contributed by atoms with Crippen LogP contribution in [0.3, 0.4) is 0 Å². The molecule has 0 spiro atoms. The number of hydrogen-bond acceptors (Lipinski definition) is 3. The monoisotopic (exact) mass is 353 g/mol. The number of likely N-dealkylation sites (tertiary alicyclic amines) is 1. The predicted molar refractivity (Wildman–Crippen MR) is 92.6 cm³/mol. The Labute approximate surface area is 144 Å². The number of sulfonamides is 1. The summed E-state index contributed by atoms with van der Waals surface area (Å²) < 4.78 is 28.7. The normalized spacial score (nSPS) is 19.8. The number of aromatic nitrogens is 1. The molecule has 134 valence electrons. The van der Waals surface area contributed by atoms with Gasteiger partial charge in [-0.2, -0.15) is 0 Å². The fourth-order valence-electron chi connectivity index (χ4n) is 3.93. The van der Waals surface area contributed by atoms with Crippen LogP contribution in [0.25, 0.3) is 0 Å². The predicted octanol–water partition coefficient (Wildman–Crippen LogP) is 2.48. The summed E-state index contributed by atoms with van der Waals surface area (Å²) in [5, 5.41) is 0. The van der Waals surface area contributed by atoms with Gasteiger partial charge in [-0.25, -0.2) is 13.1 Å². The highest BCUT2D eigenvalue weighted by molar-refractivity contribution is 7.89. The Morgan fingerprint density at radius 2 is 1.67 bits per heavy atom. The molecule has 1 aliphatic carbocycles. The molecule has 6 nitrogen and oxygen atoms in total. The van der Waals surface area contributed by atoms with Crippen molar-refractivity contribution in [3.8, 4) is 0 Å². The van der Waals surface area contributed by atoms with Gasteiger partial charge in [0.2, 0.25) is 10.0 Å². The molecule has 2 fully saturated rings. The van der Waals surface area contributed by atoms with Crippen molar-refractivity contribution in [2.24, 2.45) is 0 Å². The second kappa shape index (κ2) is 6.88. The molecule has 1 saturated heterocycles. The molecular formula is C17H27N3O3S. The summed E-state index contributed by atoms with van der Waals surface area (Å²) >= 11 is 0. The van der Waals surface area contributed by atoms with Crippen LogP contribution in [-0.2, 0) is 10.0 Å². The fraction of sp³-hybridized carbons (Fsp3) is 0.706. The number of aryl methyl sites for hydroxylation is 2. The van der Waals surface area contributed by atoms with Crippen molar-refractivity contribution in [3.05, 3.63) is 17.0 Å². The third kappa shape index (κ3) is 3.37. The average Bonchev–Trinajstić information content (AvgIpc) is 3.14. The maximum atomic E-state index is 13.0. The number of hydrogen-bond donors (Lipinski definition) is 2. The van der Waals surface area contributed by atoms with Gasteiger partial charge in [0.05, 0.1) is 5.56 Å². The van der Waals surface area contributed by atoms with Gasteiger partial charge in [0, 0.05) is 30.5 Å². The zero-order valence-electron chi connectivity index (χ0n) is 14.5. The minimum atomic E-state index is -3.70. The number of carbonyl (C=O) groups excluding carboxylic acids is 1. The molecule has 1 amide bonds. The van der Waals surface area contributed by atoms with Crippen molar-refractivity contribution >= 4 is 15.9 Å². The smallest absolute Gasteiger partial charge is 0.257 e. The molecular weight excluding hydrogens is 326 g/mol. The Morgan fingerprint density at radius 1 is 1.04 bits per heavy atom. The number of amides is 1. The molecule has 7 heteroatoms. The van der Waals surface area contributed by atoms with Crippen molar-refractivity contribution in [1.29, 1.82) is 0 Å². The van der Waals surface area contributed by atoms with Crippen LogP contribution in [0.15, 0.2) is 4.90 Å². The van der Waals surface area contributed by atoms with Gasteiger partial charge in [-0.05, 0) is 46.0 Å². The highest BCUT2D eigenvalue weighted by Crippen LogP contribution is 2.28. The van der Waals surface area contributed by atoms with E-state index in [-0.39, 0.29) is 16.8 Å². The Balaban J connectivity index is 1.94. The van der Waals surface area contributed by atoms with Gasteiger partial charge in [0.25, 0.3) is 5.91 Å². The molecule has 0 unspecified atom stereocenters. The minimum absolute atomic E-state index is 0.0115. The van der Waals surface area contributed by atoms with E-state index in [9.17, 15) is 13.2 Å². The lowest BCUT2D eigenvalue weighted by atomic mass is 10.1. The first kappa shape index (κ1) is 17.5. The molecule has 0 radical (unpaired) electrons. The van der Waals surface area contributed by atoms with E-state index in [0.717, 1.165) is 44.9 Å². The second-order valence-electron chi connectivity index (χ2n) is 7.03. The molecule has 24 heavy (non-hydrogen) atoms. The van der Waals surface area contributed by atoms with Gasteiger partial charge in [-0.1, -0.05) is 12.8 Å². The van der Waals surface area contributed by atoms with Crippen LogP contribution in [0.4, 0.5) is 0 Å². The molecule has 0 atom stereocenters. The molecule has 2 heterocycles. The second-order valence-corrected chi connectivity index (χ2v) is 8.69. The number of nitrogens with zero attached hydrogens (tertiary/aromatic N) is 1. The van der Waals surface area contributed by atoms with Gasteiger partial charge in [0.1, 0.15) is 4.90 Å². The van der Waals surface area contributed by atoms with Crippen molar-refractivity contribution in [2.75, 3.05) is 13.1 Å². The van der Waals surface area contributed by atoms with Gasteiger partial charge in [-0.15, -0.1) is 0 Å². The van der Waals surface area contributed by atoms with Gasteiger partial charge in [-0.3, -0.25) is 4.79 Å². The summed E-state index contributed by atoms with van der Waals surface area (Å²) in [6.07, 6.45) is 6.94. The van der Waals surface area contributed by atoms with Gasteiger partial charge < -0.3 is 9.88 Å². The van der Waals surface area contributed by atoms with Crippen LogP contribution < -0.4 is 4.72 Å². The standard InChI is InChI=1S/C17H27N3O3S/c1-12-15(17(21)20-10-6-3-7-11-20)16(13(2)18-12)24(22,23)19-14-8-4-5-9-14/h14,18-19H,3-11H2,1-2H3. The van der Waals surface area contributed by atoms with Crippen LogP contribution in [0.2, 0.25) is 0 Å². The quantitative estimate of drug-likeness (QED) is 0.872.